The summed E-state index contributed by atoms with van der Waals surface area (Å²) < 4.78 is 10.1. The maximum Gasteiger partial charge on any atom is 0.0466 e. The summed E-state index contributed by atoms with van der Waals surface area (Å²) in [7, 11) is 0. The summed E-state index contributed by atoms with van der Waals surface area (Å²) in [6.45, 7) is 4.00. The minimum atomic E-state index is 0.921. The Kier molecular flexibility index (Phi) is 7.82. The van der Waals surface area contributed by atoms with E-state index >= 15 is 0 Å². The monoisotopic (exact) mass is 269 g/mol. The summed E-state index contributed by atoms with van der Waals surface area (Å²) in [5, 5.41) is 3.53. The highest BCUT2D eigenvalue weighted by atomic mass is 16.5. The third-order valence-electron chi connectivity index (χ3n) is 4.35. The zero-order valence-electron chi connectivity index (χ0n) is 12.4. The van der Waals surface area contributed by atoms with Crippen molar-refractivity contribution >= 4 is 0 Å². The molecule has 0 saturated carbocycles. The smallest absolute Gasteiger partial charge is 0.0466 e. The SMILES string of the molecule is C1CC2CCC1N2.C1CCOCC1.C1CCOCC1. The summed E-state index contributed by atoms with van der Waals surface area (Å²) in [5.74, 6) is 0. The molecule has 4 rings (SSSR count). The van der Waals surface area contributed by atoms with Gasteiger partial charge in [0.05, 0.1) is 0 Å². The number of rotatable bonds is 0. The molecule has 1 N–H and O–H groups in total. The zero-order chi connectivity index (χ0) is 13.2. The fraction of sp³-hybridized carbons (Fsp3) is 1.00. The maximum atomic E-state index is 5.07. The molecule has 0 spiro atoms. The Labute approximate surface area is 118 Å². The lowest BCUT2D eigenvalue weighted by Crippen LogP contribution is -2.17. The number of hydrogen-bond acceptors (Lipinski definition) is 3. The van der Waals surface area contributed by atoms with E-state index < -0.39 is 0 Å². The van der Waals surface area contributed by atoms with Crippen LogP contribution in [0.15, 0.2) is 0 Å². The second-order valence-electron chi connectivity index (χ2n) is 6.06. The quantitative estimate of drug-likeness (QED) is 0.732. The molecule has 0 radical (unpaired) electrons. The van der Waals surface area contributed by atoms with E-state index in [1.807, 2.05) is 0 Å². The molecule has 0 aliphatic carbocycles. The second-order valence-corrected chi connectivity index (χ2v) is 6.06. The molecule has 112 valence electrons. The normalized spacial score (nSPS) is 32.8. The van der Waals surface area contributed by atoms with Gasteiger partial charge in [-0.3, -0.25) is 0 Å². The minimum absolute atomic E-state index is 0.921. The van der Waals surface area contributed by atoms with Gasteiger partial charge in [0.25, 0.3) is 0 Å². The number of ether oxygens (including phenoxy) is 2. The Balaban J connectivity index is 0.000000106. The van der Waals surface area contributed by atoms with Gasteiger partial charge in [-0.15, -0.1) is 0 Å². The molecule has 0 amide bonds. The van der Waals surface area contributed by atoms with Crippen LogP contribution < -0.4 is 5.32 Å². The lowest BCUT2D eigenvalue weighted by atomic mass is 10.0. The van der Waals surface area contributed by atoms with E-state index in [1.54, 1.807) is 0 Å². The van der Waals surface area contributed by atoms with Crippen LogP contribution in [0.4, 0.5) is 0 Å². The van der Waals surface area contributed by atoms with E-state index in [0.29, 0.717) is 0 Å². The van der Waals surface area contributed by atoms with Gasteiger partial charge in [-0.05, 0) is 64.2 Å². The van der Waals surface area contributed by atoms with Crippen molar-refractivity contribution in [3.05, 3.63) is 0 Å². The predicted octanol–water partition coefficient (Wildman–Crippen LogP) is 3.27. The van der Waals surface area contributed by atoms with E-state index in [9.17, 15) is 0 Å². The first-order valence-electron chi connectivity index (χ1n) is 8.37. The summed E-state index contributed by atoms with van der Waals surface area (Å²) in [4.78, 5) is 0. The molecule has 0 unspecified atom stereocenters. The highest BCUT2D eigenvalue weighted by molar-refractivity contribution is 4.90. The van der Waals surface area contributed by atoms with Crippen LogP contribution in [-0.2, 0) is 9.47 Å². The summed E-state index contributed by atoms with van der Waals surface area (Å²) in [6.07, 6.45) is 13.7. The van der Waals surface area contributed by atoms with Crippen LogP contribution in [0.3, 0.4) is 0 Å². The van der Waals surface area contributed by atoms with Gasteiger partial charge in [-0.25, -0.2) is 0 Å². The Morgan fingerprint density at radius 3 is 1.00 bits per heavy atom. The second kappa shape index (κ2) is 9.73. The number of nitrogens with one attached hydrogen (secondary N) is 1. The average Bonchev–Trinajstić information content (AvgIpc) is 3.17. The lowest BCUT2D eigenvalue weighted by Gasteiger charge is -2.08. The third kappa shape index (κ3) is 6.73. The van der Waals surface area contributed by atoms with Gasteiger partial charge in [0.2, 0.25) is 0 Å². The van der Waals surface area contributed by atoms with Crippen molar-refractivity contribution in [3.8, 4) is 0 Å². The predicted molar refractivity (Wildman–Crippen MR) is 78.5 cm³/mol. The first-order chi connectivity index (χ1) is 9.45. The molecule has 0 aromatic heterocycles. The fourth-order valence-electron chi connectivity index (χ4n) is 3.13. The Morgan fingerprint density at radius 2 is 0.895 bits per heavy atom. The maximum absolute atomic E-state index is 5.07. The topological polar surface area (TPSA) is 30.5 Å². The zero-order valence-corrected chi connectivity index (χ0v) is 12.4. The standard InChI is InChI=1S/C6H11N.2C5H10O/c1-2-6-4-3-5(1)7-6;2*1-2-4-6-5-3-1/h5-7H,1-4H2;2*1-5H2. The molecule has 4 aliphatic rings. The first kappa shape index (κ1) is 15.3. The van der Waals surface area contributed by atoms with Crippen LogP contribution in [0.5, 0.6) is 0 Å². The van der Waals surface area contributed by atoms with Gasteiger partial charge in [0.1, 0.15) is 0 Å². The van der Waals surface area contributed by atoms with Crippen molar-refractivity contribution in [3.63, 3.8) is 0 Å². The average molecular weight is 269 g/mol. The van der Waals surface area contributed by atoms with Crippen LogP contribution in [-0.4, -0.2) is 38.5 Å². The van der Waals surface area contributed by atoms with Gasteiger partial charge in [0.15, 0.2) is 0 Å². The first-order valence-corrected chi connectivity index (χ1v) is 8.37. The molecule has 4 heterocycles. The van der Waals surface area contributed by atoms with E-state index in [0.717, 1.165) is 38.5 Å². The third-order valence-corrected chi connectivity index (χ3v) is 4.35. The fourth-order valence-corrected chi connectivity index (χ4v) is 3.13. The van der Waals surface area contributed by atoms with Crippen molar-refractivity contribution < 1.29 is 9.47 Å². The molecular formula is C16H31NO2. The highest BCUT2D eigenvalue weighted by Gasteiger charge is 2.29. The molecule has 3 heteroatoms. The molecule has 3 nitrogen and oxygen atoms in total. The Hall–Kier alpha value is -0.120. The molecule has 4 aliphatic heterocycles. The van der Waals surface area contributed by atoms with Crippen LogP contribution in [0, 0.1) is 0 Å². The largest absolute Gasteiger partial charge is 0.381 e. The summed E-state index contributed by atoms with van der Waals surface area (Å²) in [5.41, 5.74) is 0. The van der Waals surface area contributed by atoms with Crippen LogP contribution >= 0.6 is 0 Å². The van der Waals surface area contributed by atoms with Gasteiger partial charge >= 0.3 is 0 Å². The summed E-state index contributed by atoms with van der Waals surface area (Å²) >= 11 is 0. The lowest BCUT2D eigenvalue weighted by molar-refractivity contribution is 0.0967. The number of fused-ring (bicyclic) bond motifs is 2. The minimum Gasteiger partial charge on any atom is -0.381 e. The molecule has 0 aromatic carbocycles. The van der Waals surface area contributed by atoms with Crippen molar-refractivity contribution in [2.75, 3.05) is 26.4 Å². The van der Waals surface area contributed by atoms with Gasteiger partial charge < -0.3 is 14.8 Å². The molecule has 0 aromatic rings. The number of hydrogen-bond donors (Lipinski definition) is 1. The van der Waals surface area contributed by atoms with Crippen molar-refractivity contribution in [2.24, 2.45) is 0 Å². The van der Waals surface area contributed by atoms with E-state index in [2.05, 4.69) is 5.32 Å². The van der Waals surface area contributed by atoms with E-state index in [1.165, 1.54) is 64.2 Å². The molecular weight excluding hydrogens is 238 g/mol. The van der Waals surface area contributed by atoms with E-state index in [4.69, 9.17) is 9.47 Å². The van der Waals surface area contributed by atoms with Crippen LogP contribution in [0.2, 0.25) is 0 Å². The van der Waals surface area contributed by atoms with Gasteiger partial charge in [0, 0.05) is 38.5 Å². The molecule has 2 bridgehead atoms. The van der Waals surface area contributed by atoms with Crippen molar-refractivity contribution in [1.29, 1.82) is 0 Å². The molecule has 0 atom stereocenters. The van der Waals surface area contributed by atoms with Crippen LogP contribution in [0.25, 0.3) is 0 Å². The van der Waals surface area contributed by atoms with Crippen LogP contribution in [0.1, 0.15) is 64.2 Å². The molecule has 4 fully saturated rings. The van der Waals surface area contributed by atoms with Gasteiger partial charge in [-0.1, -0.05) is 0 Å². The Bertz CT molecular complexity index is 162. The van der Waals surface area contributed by atoms with Crippen molar-refractivity contribution in [1.82, 2.24) is 5.32 Å². The van der Waals surface area contributed by atoms with Crippen molar-refractivity contribution in [2.45, 2.75) is 76.3 Å². The summed E-state index contributed by atoms with van der Waals surface area (Å²) in [6, 6.07) is 1.84. The Morgan fingerprint density at radius 1 is 0.526 bits per heavy atom. The molecule has 19 heavy (non-hydrogen) atoms. The highest BCUT2D eigenvalue weighted by Crippen LogP contribution is 2.26. The van der Waals surface area contributed by atoms with Gasteiger partial charge in [-0.2, -0.15) is 0 Å². The molecule has 4 saturated heterocycles. The van der Waals surface area contributed by atoms with E-state index in [-0.39, 0.29) is 0 Å².